The molecule has 7 nitrogen and oxygen atoms in total. The molecule has 1 amide bonds. The summed E-state index contributed by atoms with van der Waals surface area (Å²) in [5.74, 6) is 6.28. The Bertz CT molecular complexity index is 961. The Balaban J connectivity index is 1.67. The number of ether oxygens (including phenoxy) is 1. The summed E-state index contributed by atoms with van der Waals surface area (Å²) >= 11 is 1.14. The molecule has 3 N–H and O–H groups in total. The highest BCUT2D eigenvalue weighted by molar-refractivity contribution is 8.00. The summed E-state index contributed by atoms with van der Waals surface area (Å²) in [5.41, 5.74) is 0.901. The van der Waals surface area contributed by atoms with Gasteiger partial charge in [-0.2, -0.15) is 0 Å². The summed E-state index contributed by atoms with van der Waals surface area (Å²) in [6.07, 6.45) is 0. The maximum absolute atomic E-state index is 14.0. The van der Waals surface area contributed by atoms with Crippen LogP contribution in [0.3, 0.4) is 0 Å². The van der Waals surface area contributed by atoms with Gasteiger partial charge < -0.3 is 15.9 Å². The average Bonchev–Trinajstić information content (AvgIpc) is 3.04. The van der Waals surface area contributed by atoms with Crippen molar-refractivity contribution in [2.24, 2.45) is 0 Å². The lowest BCUT2D eigenvalue weighted by atomic mass is 10.2. The smallest absolute Gasteiger partial charge is 0.237 e. The predicted molar refractivity (Wildman–Crippen MR) is 107 cm³/mol. The van der Waals surface area contributed by atoms with Crippen LogP contribution < -0.4 is 15.9 Å². The monoisotopic (exact) mass is 401 g/mol. The fraction of sp³-hybridized carbons (Fsp3) is 0.211. The van der Waals surface area contributed by atoms with Crippen molar-refractivity contribution in [1.82, 2.24) is 14.9 Å². The van der Waals surface area contributed by atoms with Gasteiger partial charge in [0.15, 0.2) is 5.82 Å². The fourth-order valence-electron chi connectivity index (χ4n) is 2.44. The van der Waals surface area contributed by atoms with Crippen LogP contribution in [0, 0.1) is 5.82 Å². The van der Waals surface area contributed by atoms with Crippen molar-refractivity contribution < 1.29 is 13.9 Å². The predicted octanol–water partition coefficient (Wildman–Crippen LogP) is 3.32. The number of nitrogens with zero attached hydrogens (tertiary/aromatic N) is 3. The quantitative estimate of drug-likeness (QED) is 0.466. The van der Waals surface area contributed by atoms with Gasteiger partial charge in [0.05, 0.1) is 17.4 Å². The zero-order valence-electron chi connectivity index (χ0n) is 15.4. The van der Waals surface area contributed by atoms with Crippen LogP contribution >= 0.6 is 11.8 Å². The van der Waals surface area contributed by atoms with E-state index in [0.717, 1.165) is 17.5 Å². The Morgan fingerprint density at radius 3 is 2.64 bits per heavy atom. The lowest BCUT2D eigenvalue weighted by molar-refractivity contribution is -0.115. The molecule has 1 heterocycles. The summed E-state index contributed by atoms with van der Waals surface area (Å²) in [6.45, 7) is 4.21. The van der Waals surface area contributed by atoms with E-state index < -0.39 is 11.1 Å². The van der Waals surface area contributed by atoms with Gasteiger partial charge in [-0.1, -0.05) is 23.9 Å². The van der Waals surface area contributed by atoms with Gasteiger partial charge in [-0.3, -0.25) is 4.79 Å². The number of hydrogen-bond acceptors (Lipinski definition) is 6. The Kier molecular flexibility index (Phi) is 6.15. The highest BCUT2D eigenvalue weighted by atomic mass is 32.2. The number of amides is 1. The zero-order valence-corrected chi connectivity index (χ0v) is 16.2. The molecule has 0 saturated heterocycles. The molecule has 0 bridgehead atoms. The number of nitrogen functional groups attached to an aromatic ring is 1. The SMILES string of the molecule is CCOc1ccc(NC(=O)[C@@H](C)Sc2nnc(-c3ccccc3F)n2N)cc1. The van der Waals surface area contributed by atoms with E-state index in [2.05, 4.69) is 15.5 Å². The Labute approximate surface area is 166 Å². The first-order chi connectivity index (χ1) is 13.5. The number of halogens is 1. The molecule has 0 unspecified atom stereocenters. The van der Waals surface area contributed by atoms with Gasteiger partial charge in [0.1, 0.15) is 11.6 Å². The normalized spacial score (nSPS) is 11.8. The van der Waals surface area contributed by atoms with E-state index >= 15 is 0 Å². The lowest BCUT2D eigenvalue weighted by Crippen LogP contribution is -2.23. The summed E-state index contributed by atoms with van der Waals surface area (Å²) in [5, 5.41) is 10.6. The standard InChI is InChI=1S/C19H20FN5O2S/c1-3-27-14-10-8-13(9-11-14)22-18(26)12(2)28-19-24-23-17(25(19)21)15-6-4-5-7-16(15)20/h4-12H,3,21H2,1-2H3,(H,22,26)/t12-/m1/s1. The molecule has 28 heavy (non-hydrogen) atoms. The van der Waals surface area contributed by atoms with Crippen molar-refractivity contribution in [2.75, 3.05) is 17.8 Å². The number of carbonyl (C=O) groups is 1. The summed E-state index contributed by atoms with van der Waals surface area (Å²) in [4.78, 5) is 12.4. The molecule has 2 aromatic carbocycles. The minimum atomic E-state index is -0.494. The van der Waals surface area contributed by atoms with Crippen LogP contribution in [-0.2, 0) is 4.79 Å². The molecule has 0 aliphatic heterocycles. The van der Waals surface area contributed by atoms with Gasteiger partial charge in [0.25, 0.3) is 0 Å². The molecule has 0 fully saturated rings. The number of thioether (sulfide) groups is 1. The molecule has 0 spiro atoms. The van der Waals surface area contributed by atoms with Gasteiger partial charge in [-0.25, -0.2) is 9.07 Å². The number of rotatable bonds is 7. The van der Waals surface area contributed by atoms with E-state index in [4.69, 9.17) is 10.6 Å². The zero-order chi connectivity index (χ0) is 20.1. The average molecular weight is 401 g/mol. The third kappa shape index (κ3) is 4.42. The van der Waals surface area contributed by atoms with Crippen molar-refractivity contribution in [1.29, 1.82) is 0 Å². The molecule has 1 atom stereocenters. The first-order valence-electron chi connectivity index (χ1n) is 8.65. The third-order valence-electron chi connectivity index (χ3n) is 3.86. The molecule has 3 rings (SSSR count). The van der Waals surface area contributed by atoms with Gasteiger partial charge >= 0.3 is 0 Å². The van der Waals surface area contributed by atoms with Gasteiger partial charge in [-0.15, -0.1) is 10.2 Å². The minimum absolute atomic E-state index is 0.194. The number of anilines is 1. The topological polar surface area (TPSA) is 95.1 Å². The van der Waals surface area contributed by atoms with Crippen molar-refractivity contribution >= 4 is 23.4 Å². The van der Waals surface area contributed by atoms with Crippen LogP contribution in [0.2, 0.25) is 0 Å². The maximum atomic E-state index is 14.0. The van der Waals surface area contributed by atoms with Crippen LogP contribution in [0.1, 0.15) is 13.8 Å². The van der Waals surface area contributed by atoms with E-state index in [0.29, 0.717) is 17.5 Å². The molecule has 9 heteroatoms. The molecule has 0 aliphatic carbocycles. The number of nitrogens with one attached hydrogen (secondary N) is 1. The van der Waals surface area contributed by atoms with Crippen LogP contribution in [0.5, 0.6) is 5.75 Å². The van der Waals surface area contributed by atoms with Crippen LogP contribution in [0.15, 0.2) is 53.7 Å². The van der Waals surface area contributed by atoms with Crippen molar-refractivity contribution in [3.63, 3.8) is 0 Å². The maximum Gasteiger partial charge on any atom is 0.237 e. The van der Waals surface area contributed by atoms with E-state index in [-0.39, 0.29) is 17.3 Å². The highest BCUT2D eigenvalue weighted by Gasteiger charge is 2.21. The Hall–Kier alpha value is -3.07. The first kappa shape index (κ1) is 19.7. The van der Waals surface area contributed by atoms with Crippen LogP contribution in [0.4, 0.5) is 10.1 Å². The molecule has 0 radical (unpaired) electrons. The van der Waals surface area contributed by atoms with E-state index in [9.17, 15) is 9.18 Å². The lowest BCUT2D eigenvalue weighted by Gasteiger charge is -2.12. The van der Waals surface area contributed by atoms with Crippen LogP contribution in [-0.4, -0.2) is 32.6 Å². The minimum Gasteiger partial charge on any atom is -0.494 e. The molecule has 1 aromatic heterocycles. The molecular weight excluding hydrogens is 381 g/mol. The van der Waals surface area contributed by atoms with Gasteiger partial charge in [0.2, 0.25) is 11.1 Å². The number of nitrogens with two attached hydrogens (primary N) is 1. The van der Waals surface area contributed by atoms with Crippen molar-refractivity contribution in [3.8, 4) is 17.1 Å². The van der Waals surface area contributed by atoms with Gasteiger partial charge in [-0.05, 0) is 50.2 Å². The Morgan fingerprint density at radius 2 is 1.96 bits per heavy atom. The second-order valence-corrected chi connectivity index (χ2v) is 7.17. The number of benzene rings is 2. The molecule has 0 saturated carbocycles. The summed E-state index contributed by atoms with van der Waals surface area (Å²) in [6, 6.07) is 13.3. The fourth-order valence-corrected chi connectivity index (χ4v) is 3.21. The highest BCUT2D eigenvalue weighted by Crippen LogP contribution is 2.27. The number of aromatic nitrogens is 3. The van der Waals surface area contributed by atoms with E-state index in [1.54, 1.807) is 49.4 Å². The van der Waals surface area contributed by atoms with E-state index in [1.807, 2.05) is 6.92 Å². The molecule has 3 aromatic rings. The second kappa shape index (κ2) is 8.75. The molecular formula is C19H20FN5O2S. The molecule has 0 aliphatic rings. The second-order valence-electron chi connectivity index (χ2n) is 5.86. The van der Waals surface area contributed by atoms with Crippen LogP contribution in [0.25, 0.3) is 11.4 Å². The van der Waals surface area contributed by atoms with Crippen molar-refractivity contribution in [3.05, 3.63) is 54.3 Å². The summed E-state index contributed by atoms with van der Waals surface area (Å²) < 4.78 is 20.5. The number of hydrogen-bond donors (Lipinski definition) is 2. The summed E-state index contributed by atoms with van der Waals surface area (Å²) in [7, 11) is 0. The third-order valence-corrected chi connectivity index (χ3v) is 4.92. The first-order valence-corrected chi connectivity index (χ1v) is 9.53. The Morgan fingerprint density at radius 1 is 1.25 bits per heavy atom. The van der Waals surface area contributed by atoms with Crippen molar-refractivity contribution in [2.45, 2.75) is 24.3 Å². The van der Waals surface area contributed by atoms with Gasteiger partial charge in [0, 0.05) is 5.69 Å². The number of carbonyl (C=O) groups excluding carboxylic acids is 1. The largest absolute Gasteiger partial charge is 0.494 e. The molecule has 146 valence electrons. The van der Waals surface area contributed by atoms with E-state index in [1.165, 1.54) is 10.7 Å².